The van der Waals surface area contributed by atoms with Gasteiger partial charge in [-0.3, -0.25) is 9.59 Å². The van der Waals surface area contributed by atoms with Gasteiger partial charge in [-0.25, -0.2) is 0 Å². The Balaban J connectivity index is 2.38. The van der Waals surface area contributed by atoms with Crippen molar-refractivity contribution < 1.29 is 9.59 Å². The van der Waals surface area contributed by atoms with E-state index in [1.54, 1.807) is 4.90 Å². The molecule has 1 aliphatic heterocycles. The van der Waals surface area contributed by atoms with Crippen LogP contribution < -0.4 is 5.32 Å². The summed E-state index contributed by atoms with van der Waals surface area (Å²) in [5.41, 5.74) is 0. The highest BCUT2D eigenvalue weighted by Crippen LogP contribution is 2.34. The molecule has 1 fully saturated rings. The molecule has 2 heterocycles. The Kier molecular flexibility index (Phi) is 4.94. The lowest BCUT2D eigenvalue weighted by molar-refractivity contribution is -0.154. The van der Waals surface area contributed by atoms with Crippen molar-refractivity contribution >= 4 is 34.8 Å². The fraction of sp³-hybridized carbons (Fsp3) is 0.600. The summed E-state index contributed by atoms with van der Waals surface area (Å²) in [6.07, 6.45) is 0.601. The molecule has 0 spiro atoms. The first-order valence-corrected chi connectivity index (χ1v) is 8.44. The van der Waals surface area contributed by atoms with Crippen LogP contribution in [0.15, 0.2) is 12.1 Å². The van der Waals surface area contributed by atoms with Crippen LogP contribution in [0.4, 0.5) is 0 Å². The number of carbonyl (C=O) groups is 2. The zero-order chi connectivity index (χ0) is 15.7. The van der Waals surface area contributed by atoms with Crippen LogP contribution in [0.2, 0.25) is 4.34 Å². The monoisotopic (exact) mass is 328 g/mol. The fourth-order valence-electron chi connectivity index (χ4n) is 2.78. The molecule has 1 aromatic heterocycles. The van der Waals surface area contributed by atoms with Gasteiger partial charge in [0.2, 0.25) is 11.8 Å². The Hall–Kier alpha value is -1.07. The largest absolute Gasteiger partial charge is 0.343 e. The molecule has 2 rings (SSSR count). The van der Waals surface area contributed by atoms with E-state index in [0.717, 1.165) is 4.88 Å². The molecular formula is C15H21ClN2O2S. The van der Waals surface area contributed by atoms with Gasteiger partial charge in [-0.1, -0.05) is 32.4 Å². The van der Waals surface area contributed by atoms with Crippen molar-refractivity contribution in [3.05, 3.63) is 21.3 Å². The highest BCUT2D eigenvalue weighted by molar-refractivity contribution is 7.16. The van der Waals surface area contributed by atoms with Gasteiger partial charge in [0, 0.05) is 4.88 Å². The topological polar surface area (TPSA) is 49.4 Å². The maximum atomic E-state index is 12.7. The van der Waals surface area contributed by atoms with Gasteiger partial charge >= 0.3 is 0 Å². The first kappa shape index (κ1) is 16.3. The molecule has 0 bridgehead atoms. The predicted octanol–water partition coefficient (Wildman–Crippen LogP) is 3.22. The Labute approximate surface area is 134 Å². The number of thiophene rings is 1. The summed E-state index contributed by atoms with van der Waals surface area (Å²) in [4.78, 5) is 27.8. The van der Waals surface area contributed by atoms with Crippen molar-refractivity contribution in [3.63, 3.8) is 0 Å². The molecule has 116 valence electrons. The zero-order valence-corrected chi connectivity index (χ0v) is 14.3. The Morgan fingerprint density at radius 1 is 1.33 bits per heavy atom. The summed E-state index contributed by atoms with van der Waals surface area (Å²) in [5.74, 6) is -0.0107. The van der Waals surface area contributed by atoms with Crippen LogP contribution in [0.5, 0.6) is 0 Å². The van der Waals surface area contributed by atoms with E-state index in [1.165, 1.54) is 11.3 Å². The number of amides is 2. The van der Waals surface area contributed by atoms with Crippen LogP contribution in [0, 0.1) is 5.92 Å². The second-order valence-electron chi connectivity index (χ2n) is 5.72. The van der Waals surface area contributed by atoms with Crippen molar-refractivity contribution in [2.24, 2.45) is 5.92 Å². The minimum absolute atomic E-state index is 0.00665. The van der Waals surface area contributed by atoms with Crippen LogP contribution in [0.1, 0.15) is 45.0 Å². The van der Waals surface area contributed by atoms with Gasteiger partial charge in [0.05, 0.1) is 10.4 Å². The van der Waals surface area contributed by atoms with Crippen molar-refractivity contribution in [1.82, 2.24) is 10.2 Å². The highest BCUT2D eigenvalue weighted by Gasteiger charge is 2.43. The minimum atomic E-state index is -0.434. The Morgan fingerprint density at radius 3 is 2.48 bits per heavy atom. The number of nitrogens with zero attached hydrogens (tertiary/aromatic N) is 1. The summed E-state index contributed by atoms with van der Waals surface area (Å²) in [5, 5.41) is 2.84. The van der Waals surface area contributed by atoms with Gasteiger partial charge < -0.3 is 10.2 Å². The first-order chi connectivity index (χ1) is 9.86. The Bertz CT molecular complexity index is 544. The second kappa shape index (κ2) is 6.36. The molecule has 3 atom stereocenters. The van der Waals surface area contributed by atoms with Crippen LogP contribution in [-0.4, -0.2) is 28.8 Å². The van der Waals surface area contributed by atoms with E-state index in [9.17, 15) is 9.59 Å². The molecule has 1 N–H and O–H groups in total. The van der Waals surface area contributed by atoms with Gasteiger partial charge in [-0.05, 0) is 31.4 Å². The SMILES string of the molecule is CCC1NC(=O)C(C(C)C)N(C(C)c2ccc(Cl)s2)C1=O. The van der Waals surface area contributed by atoms with Crippen LogP contribution >= 0.6 is 22.9 Å². The van der Waals surface area contributed by atoms with E-state index >= 15 is 0 Å². The standard InChI is InChI=1S/C15H21ClN2O2S/c1-5-10-15(20)18(13(8(2)3)14(19)17-10)9(4)11-6-7-12(16)21-11/h6-10,13H,5H2,1-4H3,(H,17,19). The average Bonchev–Trinajstić information content (AvgIpc) is 2.85. The summed E-state index contributed by atoms with van der Waals surface area (Å²) in [6.45, 7) is 7.79. The number of carbonyl (C=O) groups excluding carboxylic acids is 2. The summed E-state index contributed by atoms with van der Waals surface area (Å²) >= 11 is 7.45. The van der Waals surface area contributed by atoms with E-state index in [2.05, 4.69) is 5.32 Å². The van der Waals surface area contributed by atoms with Crippen molar-refractivity contribution in [3.8, 4) is 0 Å². The average molecular weight is 329 g/mol. The van der Waals surface area contributed by atoms with E-state index in [1.807, 2.05) is 39.8 Å². The Morgan fingerprint density at radius 2 is 2.00 bits per heavy atom. The van der Waals surface area contributed by atoms with Gasteiger partial charge in [0.15, 0.2) is 0 Å². The quantitative estimate of drug-likeness (QED) is 0.922. The molecule has 1 aromatic rings. The number of nitrogens with one attached hydrogen (secondary N) is 1. The molecule has 3 unspecified atom stereocenters. The van der Waals surface area contributed by atoms with Gasteiger partial charge in [-0.2, -0.15) is 0 Å². The van der Waals surface area contributed by atoms with Crippen molar-refractivity contribution in [2.45, 2.75) is 52.2 Å². The molecule has 0 aromatic carbocycles. The molecule has 0 radical (unpaired) electrons. The highest BCUT2D eigenvalue weighted by atomic mass is 35.5. The van der Waals surface area contributed by atoms with Crippen LogP contribution in [-0.2, 0) is 9.59 Å². The van der Waals surface area contributed by atoms with E-state index < -0.39 is 12.1 Å². The fourth-order valence-corrected chi connectivity index (χ4v) is 3.90. The zero-order valence-electron chi connectivity index (χ0n) is 12.7. The normalized spacial score (nSPS) is 24.4. The predicted molar refractivity (Wildman–Crippen MR) is 85.4 cm³/mol. The van der Waals surface area contributed by atoms with Crippen LogP contribution in [0.25, 0.3) is 0 Å². The van der Waals surface area contributed by atoms with E-state index in [4.69, 9.17) is 11.6 Å². The molecular weight excluding hydrogens is 308 g/mol. The lowest BCUT2D eigenvalue weighted by Gasteiger charge is -2.43. The van der Waals surface area contributed by atoms with Crippen molar-refractivity contribution in [2.75, 3.05) is 0 Å². The third-order valence-electron chi connectivity index (χ3n) is 3.90. The lowest BCUT2D eigenvalue weighted by atomic mass is 9.94. The van der Waals surface area contributed by atoms with E-state index in [-0.39, 0.29) is 23.8 Å². The first-order valence-electron chi connectivity index (χ1n) is 7.24. The molecule has 0 aliphatic carbocycles. The van der Waals surface area contributed by atoms with E-state index in [0.29, 0.717) is 10.8 Å². The number of hydrogen-bond acceptors (Lipinski definition) is 3. The lowest BCUT2D eigenvalue weighted by Crippen LogP contribution is -2.64. The molecule has 4 nitrogen and oxygen atoms in total. The third-order valence-corrected chi connectivity index (χ3v) is 5.30. The maximum Gasteiger partial charge on any atom is 0.246 e. The smallest absolute Gasteiger partial charge is 0.246 e. The van der Waals surface area contributed by atoms with Gasteiger partial charge in [0.1, 0.15) is 12.1 Å². The van der Waals surface area contributed by atoms with Gasteiger partial charge in [0.25, 0.3) is 0 Å². The minimum Gasteiger partial charge on any atom is -0.343 e. The number of hydrogen-bond donors (Lipinski definition) is 1. The molecule has 2 amide bonds. The number of piperazine rings is 1. The molecule has 21 heavy (non-hydrogen) atoms. The molecule has 0 saturated carbocycles. The maximum absolute atomic E-state index is 12.7. The van der Waals surface area contributed by atoms with Crippen molar-refractivity contribution in [1.29, 1.82) is 0 Å². The number of rotatable bonds is 4. The van der Waals surface area contributed by atoms with Crippen LogP contribution in [0.3, 0.4) is 0 Å². The molecule has 1 saturated heterocycles. The second-order valence-corrected chi connectivity index (χ2v) is 7.47. The molecule has 6 heteroatoms. The number of halogens is 1. The summed E-state index contributed by atoms with van der Waals surface area (Å²) in [6, 6.07) is 2.74. The van der Waals surface area contributed by atoms with Gasteiger partial charge in [-0.15, -0.1) is 11.3 Å². The third kappa shape index (κ3) is 3.09. The molecule has 1 aliphatic rings. The summed E-state index contributed by atoms with van der Waals surface area (Å²) < 4.78 is 0.693. The summed E-state index contributed by atoms with van der Waals surface area (Å²) in [7, 11) is 0.